The molecule has 2 atom stereocenters. The quantitative estimate of drug-likeness (QED) is 0.520. The van der Waals surface area contributed by atoms with Gasteiger partial charge in [0.05, 0.1) is 0 Å². The normalized spacial score (nSPS) is 14.8. The summed E-state index contributed by atoms with van der Waals surface area (Å²) in [7, 11) is 0. The van der Waals surface area contributed by atoms with Gasteiger partial charge in [0.2, 0.25) is 0 Å². The highest BCUT2D eigenvalue weighted by Crippen LogP contribution is 2.06. The summed E-state index contributed by atoms with van der Waals surface area (Å²) < 4.78 is 5.15. The van der Waals surface area contributed by atoms with Crippen LogP contribution in [0.15, 0.2) is 0 Å². The third kappa shape index (κ3) is 10.7. The molecule has 5 N–H and O–H groups in total. The number of rotatable bonds is 8. The second-order valence-electron chi connectivity index (χ2n) is 5.75. The molecule has 0 fully saturated rings. The number of nitrogens with one attached hydrogen (secondary N) is 2. The zero-order chi connectivity index (χ0) is 14.9. The van der Waals surface area contributed by atoms with Crippen LogP contribution in [0.5, 0.6) is 0 Å². The Balaban J connectivity index is 3.96. The van der Waals surface area contributed by atoms with E-state index in [0.29, 0.717) is 13.1 Å². The lowest BCUT2D eigenvalue weighted by atomic mass is 10.1. The van der Waals surface area contributed by atoms with Crippen molar-refractivity contribution in [2.24, 2.45) is 5.73 Å². The van der Waals surface area contributed by atoms with E-state index in [2.05, 4.69) is 10.6 Å². The first-order chi connectivity index (χ1) is 8.78. The van der Waals surface area contributed by atoms with Gasteiger partial charge in [0, 0.05) is 31.8 Å². The number of carbonyl (C=O) groups excluding carboxylic acids is 1. The third-order valence-electron chi connectivity index (χ3n) is 2.49. The zero-order valence-corrected chi connectivity index (χ0v) is 12.5. The number of aliphatic hydroxyl groups is 1. The molecule has 19 heavy (non-hydrogen) atoms. The number of hydrogen-bond donors (Lipinski definition) is 4. The van der Waals surface area contributed by atoms with Crippen molar-refractivity contribution in [3.63, 3.8) is 0 Å². The van der Waals surface area contributed by atoms with Crippen LogP contribution in [-0.4, -0.2) is 48.6 Å². The Bertz CT molecular complexity index is 254. The number of ether oxygens (including phenoxy) is 1. The second kappa shape index (κ2) is 9.12. The number of carbonyl (C=O) groups is 1. The monoisotopic (exact) mass is 275 g/mol. The van der Waals surface area contributed by atoms with E-state index in [9.17, 15) is 4.79 Å². The lowest BCUT2D eigenvalue weighted by molar-refractivity contribution is 0.0522. The van der Waals surface area contributed by atoms with Crippen LogP contribution in [0.25, 0.3) is 0 Å². The summed E-state index contributed by atoms with van der Waals surface area (Å²) in [6, 6.07) is 0.252. The van der Waals surface area contributed by atoms with Crippen molar-refractivity contribution in [3.8, 4) is 0 Å². The molecule has 0 heterocycles. The summed E-state index contributed by atoms with van der Waals surface area (Å²) in [6.45, 7) is 8.54. The predicted octanol–water partition coefficient (Wildman–Crippen LogP) is 0.589. The largest absolute Gasteiger partial charge is 0.444 e. The van der Waals surface area contributed by atoms with Crippen LogP contribution in [0.4, 0.5) is 4.79 Å². The fourth-order valence-corrected chi connectivity index (χ4v) is 1.61. The fourth-order valence-electron chi connectivity index (χ4n) is 1.61. The van der Waals surface area contributed by atoms with Crippen LogP contribution in [-0.2, 0) is 4.74 Å². The Morgan fingerprint density at radius 2 is 2.05 bits per heavy atom. The Hall–Kier alpha value is -0.850. The van der Waals surface area contributed by atoms with Gasteiger partial charge >= 0.3 is 6.09 Å². The van der Waals surface area contributed by atoms with Crippen LogP contribution in [0.3, 0.4) is 0 Å². The Morgan fingerprint density at radius 3 is 2.53 bits per heavy atom. The van der Waals surface area contributed by atoms with E-state index in [-0.39, 0.29) is 18.7 Å². The number of aliphatic hydroxyl groups excluding tert-OH is 1. The average Bonchev–Trinajstić information content (AvgIpc) is 2.29. The maximum atomic E-state index is 11.5. The summed E-state index contributed by atoms with van der Waals surface area (Å²) in [5, 5.41) is 14.8. The minimum atomic E-state index is -0.496. The Kier molecular flexibility index (Phi) is 8.71. The molecule has 114 valence electrons. The molecule has 0 aromatic heterocycles. The number of nitrogens with two attached hydrogens (primary N) is 1. The van der Waals surface area contributed by atoms with Crippen LogP contribution in [0.1, 0.15) is 40.5 Å². The number of alkyl carbamates (subject to hydrolysis) is 1. The lowest BCUT2D eigenvalue weighted by Crippen LogP contribution is -2.49. The third-order valence-corrected chi connectivity index (χ3v) is 2.49. The van der Waals surface area contributed by atoms with Gasteiger partial charge in [0.25, 0.3) is 0 Å². The van der Waals surface area contributed by atoms with Gasteiger partial charge in [-0.1, -0.05) is 0 Å². The molecule has 0 bridgehead atoms. The van der Waals surface area contributed by atoms with Gasteiger partial charge < -0.3 is 26.2 Å². The standard InChI is InChI=1S/C13H29N3O3/c1-10(6-5-7-17)16-11(8-14)9-15-12(18)19-13(2,3)4/h10-11,16-17H,5-9,14H2,1-4H3,(H,15,18). The van der Waals surface area contributed by atoms with E-state index in [1.807, 2.05) is 27.7 Å². The van der Waals surface area contributed by atoms with Crippen LogP contribution >= 0.6 is 0 Å². The van der Waals surface area contributed by atoms with Gasteiger partial charge in [-0.25, -0.2) is 4.79 Å². The van der Waals surface area contributed by atoms with Crippen molar-refractivity contribution in [1.82, 2.24) is 10.6 Å². The van der Waals surface area contributed by atoms with Gasteiger partial charge in [0.15, 0.2) is 0 Å². The maximum absolute atomic E-state index is 11.5. The molecule has 6 heteroatoms. The molecule has 1 amide bonds. The molecule has 0 saturated carbocycles. The van der Waals surface area contributed by atoms with Crippen molar-refractivity contribution >= 4 is 6.09 Å². The van der Waals surface area contributed by atoms with E-state index in [1.165, 1.54) is 0 Å². The molecule has 0 aromatic carbocycles. The van der Waals surface area contributed by atoms with Gasteiger partial charge in [-0.15, -0.1) is 0 Å². The van der Waals surface area contributed by atoms with Gasteiger partial charge in [-0.05, 0) is 40.5 Å². The smallest absolute Gasteiger partial charge is 0.407 e. The molecule has 0 aliphatic carbocycles. The SMILES string of the molecule is CC(CCCO)NC(CN)CNC(=O)OC(C)(C)C. The van der Waals surface area contributed by atoms with Crippen LogP contribution < -0.4 is 16.4 Å². The lowest BCUT2D eigenvalue weighted by Gasteiger charge is -2.24. The van der Waals surface area contributed by atoms with E-state index in [1.54, 1.807) is 0 Å². The highest BCUT2D eigenvalue weighted by molar-refractivity contribution is 5.67. The summed E-state index contributed by atoms with van der Waals surface area (Å²) in [5.41, 5.74) is 5.16. The van der Waals surface area contributed by atoms with Crippen LogP contribution in [0, 0.1) is 0 Å². The van der Waals surface area contributed by atoms with E-state index >= 15 is 0 Å². The minimum Gasteiger partial charge on any atom is -0.444 e. The molecule has 6 nitrogen and oxygen atoms in total. The van der Waals surface area contributed by atoms with Gasteiger partial charge in [-0.3, -0.25) is 0 Å². The Labute approximate surface area is 116 Å². The highest BCUT2D eigenvalue weighted by atomic mass is 16.6. The van der Waals surface area contributed by atoms with Crippen molar-refractivity contribution in [2.45, 2.75) is 58.2 Å². The van der Waals surface area contributed by atoms with Crippen molar-refractivity contribution in [1.29, 1.82) is 0 Å². The van der Waals surface area contributed by atoms with Gasteiger partial charge in [-0.2, -0.15) is 0 Å². The van der Waals surface area contributed by atoms with Crippen molar-refractivity contribution < 1.29 is 14.6 Å². The molecule has 0 spiro atoms. The van der Waals surface area contributed by atoms with Crippen molar-refractivity contribution in [2.75, 3.05) is 19.7 Å². The number of hydrogen-bond acceptors (Lipinski definition) is 5. The van der Waals surface area contributed by atoms with E-state index < -0.39 is 11.7 Å². The van der Waals surface area contributed by atoms with Crippen LogP contribution in [0.2, 0.25) is 0 Å². The van der Waals surface area contributed by atoms with Gasteiger partial charge in [0.1, 0.15) is 5.60 Å². The molecule has 0 aliphatic heterocycles. The molecule has 2 unspecified atom stereocenters. The topological polar surface area (TPSA) is 96.6 Å². The minimum absolute atomic E-state index is 0.00112. The predicted molar refractivity (Wildman–Crippen MR) is 76.0 cm³/mol. The first kappa shape index (κ1) is 18.1. The zero-order valence-electron chi connectivity index (χ0n) is 12.5. The summed E-state index contributed by atoms with van der Waals surface area (Å²) in [4.78, 5) is 11.5. The van der Waals surface area contributed by atoms with E-state index in [0.717, 1.165) is 12.8 Å². The summed E-state index contributed by atoms with van der Waals surface area (Å²) in [5.74, 6) is 0. The first-order valence-corrected chi connectivity index (χ1v) is 6.82. The van der Waals surface area contributed by atoms with Crippen molar-refractivity contribution in [3.05, 3.63) is 0 Å². The van der Waals surface area contributed by atoms with E-state index in [4.69, 9.17) is 15.6 Å². The molecule has 0 aliphatic rings. The molecule has 0 radical (unpaired) electrons. The fraction of sp³-hybridized carbons (Fsp3) is 0.923. The first-order valence-electron chi connectivity index (χ1n) is 6.82. The molecule has 0 saturated heterocycles. The summed E-state index contributed by atoms with van der Waals surface area (Å²) in [6.07, 6.45) is 1.19. The number of amides is 1. The molecule has 0 aromatic rings. The summed E-state index contributed by atoms with van der Waals surface area (Å²) >= 11 is 0. The molecular formula is C13H29N3O3. The maximum Gasteiger partial charge on any atom is 0.407 e. The Morgan fingerprint density at radius 1 is 1.42 bits per heavy atom. The molecular weight excluding hydrogens is 246 g/mol. The average molecular weight is 275 g/mol. The second-order valence-corrected chi connectivity index (χ2v) is 5.75. The highest BCUT2D eigenvalue weighted by Gasteiger charge is 2.17. The molecule has 0 rings (SSSR count).